The lowest BCUT2D eigenvalue weighted by atomic mass is 10.1. The molecule has 0 amide bonds. The molecule has 108 valence electrons. The van der Waals surface area contributed by atoms with Gasteiger partial charge in [0, 0.05) is 25.2 Å². The molecule has 0 aliphatic heterocycles. The number of rotatable bonds is 7. The summed E-state index contributed by atoms with van der Waals surface area (Å²) in [5.41, 5.74) is 1.26. The van der Waals surface area contributed by atoms with Gasteiger partial charge in [-0.2, -0.15) is 0 Å². The van der Waals surface area contributed by atoms with Crippen molar-refractivity contribution in [1.29, 1.82) is 0 Å². The van der Waals surface area contributed by atoms with E-state index in [1.165, 1.54) is 5.56 Å². The van der Waals surface area contributed by atoms with Crippen molar-refractivity contribution in [1.82, 2.24) is 10.2 Å². The van der Waals surface area contributed by atoms with Gasteiger partial charge in [-0.15, -0.1) is 0 Å². The number of likely N-dealkylation sites (N-methyl/N-ethyl adjacent to an activating group) is 1. The van der Waals surface area contributed by atoms with Crippen LogP contribution in [0.15, 0.2) is 22.7 Å². The molecule has 1 aromatic rings. The third kappa shape index (κ3) is 5.13. The standard InChI is InChI=1S/C15H25BrN2O/c1-11(2)18(4)9-8-17-12(3)13-6-7-15(19-5)14(16)10-13/h6-7,10-12,17H,8-9H2,1-5H3. The second-order valence-corrected chi connectivity index (χ2v) is 6.00. The zero-order valence-electron chi connectivity index (χ0n) is 12.5. The molecule has 0 bridgehead atoms. The Balaban J connectivity index is 2.49. The molecule has 1 unspecified atom stereocenters. The van der Waals surface area contributed by atoms with Crippen LogP contribution in [0.25, 0.3) is 0 Å². The quantitative estimate of drug-likeness (QED) is 0.829. The van der Waals surface area contributed by atoms with Gasteiger partial charge in [-0.05, 0) is 61.4 Å². The van der Waals surface area contributed by atoms with Crippen molar-refractivity contribution >= 4 is 15.9 Å². The first-order valence-corrected chi connectivity index (χ1v) is 7.52. The Morgan fingerprint density at radius 2 is 2.00 bits per heavy atom. The van der Waals surface area contributed by atoms with Gasteiger partial charge in [0.2, 0.25) is 0 Å². The van der Waals surface area contributed by atoms with E-state index in [1.807, 2.05) is 6.07 Å². The van der Waals surface area contributed by atoms with Crippen LogP contribution >= 0.6 is 15.9 Å². The number of hydrogen-bond acceptors (Lipinski definition) is 3. The summed E-state index contributed by atoms with van der Waals surface area (Å²) in [7, 11) is 3.84. The third-order valence-electron chi connectivity index (χ3n) is 3.47. The van der Waals surface area contributed by atoms with Crippen LogP contribution in [0.5, 0.6) is 5.75 Å². The summed E-state index contributed by atoms with van der Waals surface area (Å²) in [4.78, 5) is 2.34. The zero-order valence-corrected chi connectivity index (χ0v) is 14.1. The molecule has 0 saturated carbocycles. The van der Waals surface area contributed by atoms with Crippen LogP contribution in [0, 0.1) is 0 Å². The molecular formula is C15H25BrN2O. The minimum absolute atomic E-state index is 0.336. The van der Waals surface area contributed by atoms with Gasteiger partial charge in [0.25, 0.3) is 0 Å². The maximum Gasteiger partial charge on any atom is 0.133 e. The zero-order chi connectivity index (χ0) is 14.4. The van der Waals surface area contributed by atoms with E-state index in [1.54, 1.807) is 7.11 Å². The summed E-state index contributed by atoms with van der Waals surface area (Å²) in [6.45, 7) is 8.65. The van der Waals surface area contributed by atoms with E-state index < -0.39 is 0 Å². The molecule has 4 heteroatoms. The Bertz CT molecular complexity index is 396. The summed E-state index contributed by atoms with van der Waals surface area (Å²) < 4.78 is 6.25. The first-order chi connectivity index (χ1) is 8.95. The number of hydrogen-bond donors (Lipinski definition) is 1. The van der Waals surface area contributed by atoms with Crippen molar-refractivity contribution in [3.8, 4) is 5.75 Å². The molecular weight excluding hydrogens is 304 g/mol. The molecule has 1 rings (SSSR count). The van der Waals surface area contributed by atoms with E-state index in [2.05, 4.69) is 66.1 Å². The molecule has 1 atom stereocenters. The lowest BCUT2D eigenvalue weighted by Gasteiger charge is -2.22. The SMILES string of the molecule is COc1ccc(C(C)NCCN(C)C(C)C)cc1Br. The smallest absolute Gasteiger partial charge is 0.133 e. The van der Waals surface area contributed by atoms with E-state index in [9.17, 15) is 0 Å². The maximum absolute atomic E-state index is 5.24. The highest BCUT2D eigenvalue weighted by Gasteiger charge is 2.09. The van der Waals surface area contributed by atoms with Crippen LogP contribution in [0.2, 0.25) is 0 Å². The van der Waals surface area contributed by atoms with Crippen LogP contribution in [-0.2, 0) is 0 Å². The van der Waals surface area contributed by atoms with Crippen molar-refractivity contribution in [3.63, 3.8) is 0 Å². The molecule has 19 heavy (non-hydrogen) atoms. The molecule has 0 fully saturated rings. The highest BCUT2D eigenvalue weighted by molar-refractivity contribution is 9.10. The minimum Gasteiger partial charge on any atom is -0.496 e. The van der Waals surface area contributed by atoms with Gasteiger partial charge < -0.3 is 15.0 Å². The van der Waals surface area contributed by atoms with Crippen molar-refractivity contribution in [3.05, 3.63) is 28.2 Å². The molecule has 0 aromatic heterocycles. The largest absolute Gasteiger partial charge is 0.496 e. The molecule has 0 aliphatic rings. The van der Waals surface area contributed by atoms with E-state index in [0.29, 0.717) is 12.1 Å². The molecule has 0 aliphatic carbocycles. The maximum atomic E-state index is 5.24. The summed E-state index contributed by atoms with van der Waals surface area (Å²) in [6.07, 6.45) is 0. The topological polar surface area (TPSA) is 24.5 Å². The lowest BCUT2D eigenvalue weighted by molar-refractivity contribution is 0.270. The molecule has 0 spiro atoms. The fourth-order valence-electron chi connectivity index (χ4n) is 1.79. The fourth-order valence-corrected chi connectivity index (χ4v) is 2.34. The van der Waals surface area contributed by atoms with Gasteiger partial charge in [0.1, 0.15) is 5.75 Å². The molecule has 0 heterocycles. The Morgan fingerprint density at radius 1 is 1.32 bits per heavy atom. The van der Waals surface area contributed by atoms with E-state index in [4.69, 9.17) is 4.74 Å². The Morgan fingerprint density at radius 3 is 2.53 bits per heavy atom. The predicted molar refractivity (Wildman–Crippen MR) is 84.9 cm³/mol. The van der Waals surface area contributed by atoms with E-state index in [0.717, 1.165) is 23.3 Å². The van der Waals surface area contributed by atoms with Crippen molar-refractivity contribution in [2.45, 2.75) is 32.9 Å². The number of halogens is 1. The van der Waals surface area contributed by atoms with Gasteiger partial charge in [0.15, 0.2) is 0 Å². The average molecular weight is 329 g/mol. The highest BCUT2D eigenvalue weighted by atomic mass is 79.9. The van der Waals surface area contributed by atoms with Crippen LogP contribution in [0.1, 0.15) is 32.4 Å². The number of nitrogens with one attached hydrogen (secondary N) is 1. The van der Waals surface area contributed by atoms with Crippen molar-refractivity contribution in [2.75, 3.05) is 27.2 Å². The summed E-state index contributed by atoms with van der Waals surface area (Å²) in [5.74, 6) is 0.871. The van der Waals surface area contributed by atoms with Crippen LogP contribution in [0.4, 0.5) is 0 Å². The van der Waals surface area contributed by atoms with Crippen LogP contribution < -0.4 is 10.1 Å². The molecule has 0 radical (unpaired) electrons. The normalized spacial score (nSPS) is 13.1. The van der Waals surface area contributed by atoms with Crippen LogP contribution in [0.3, 0.4) is 0 Å². The Labute approximate surface area is 125 Å². The predicted octanol–water partition coefficient (Wildman–Crippen LogP) is 3.45. The summed E-state index contributed by atoms with van der Waals surface area (Å²) in [6, 6.07) is 7.14. The number of benzene rings is 1. The monoisotopic (exact) mass is 328 g/mol. The third-order valence-corrected chi connectivity index (χ3v) is 4.09. The Hall–Kier alpha value is -0.580. The average Bonchev–Trinajstić information content (AvgIpc) is 2.38. The lowest BCUT2D eigenvalue weighted by Crippen LogP contribution is -2.34. The second kappa shape index (κ2) is 7.88. The number of methoxy groups -OCH3 is 1. The van der Waals surface area contributed by atoms with Gasteiger partial charge in [-0.1, -0.05) is 6.07 Å². The fraction of sp³-hybridized carbons (Fsp3) is 0.600. The molecule has 1 aromatic carbocycles. The summed E-state index contributed by atoms with van der Waals surface area (Å²) in [5, 5.41) is 3.55. The van der Waals surface area contributed by atoms with Gasteiger partial charge in [-0.25, -0.2) is 0 Å². The minimum atomic E-state index is 0.336. The van der Waals surface area contributed by atoms with Crippen LogP contribution in [-0.4, -0.2) is 38.2 Å². The van der Waals surface area contributed by atoms with Crippen molar-refractivity contribution in [2.24, 2.45) is 0 Å². The highest BCUT2D eigenvalue weighted by Crippen LogP contribution is 2.27. The first-order valence-electron chi connectivity index (χ1n) is 6.72. The van der Waals surface area contributed by atoms with Gasteiger partial charge >= 0.3 is 0 Å². The molecule has 3 nitrogen and oxygen atoms in total. The Kier molecular flexibility index (Phi) is 6.83. The van der Waals surface area contributed by atoms with Gasteiger partial charge in [-0.3, -0.25) is 0 Å². The second-order valence-electron chi connectivity index (χ2n) is 5.14. The van der Waals surface area contributed by atoms with E-state index >= 15 is 0 Å². The van der Waals surface area contributed by atoms with Gasteiger partial charge in [0.05, 0.1) is 11.6 Å². The molecule has 1 N–H and O–H groups in total. The first kappa shape index (κ1) is 16.5. The molecule has 0 saturated heterocycles. The number of nitrogens with zero attached hydrogens (tertiary/aromatic N) is 1. The number of ether oxygens (including phenoxy) is 1. The summed E-state index contributed by atoms with van der Waals surface area (Å²) >= 11 is 3.53. The van der Waals surface area contributed by atoms with Crippen molar-refractivity contribution < 1.29 is 4.74 Å². The van der Waals surface area contributed by atoms with E-state index in [-0.39, 0.29) is 0 Å².